The fraction of sp³-hybridized carbons (Fsp3) is 0.250. The van der Waals surface area contributed by atoms with E-state index in [2.05, 4.69) is 21.2 Å². The van der Waals surface area contributed by atoms with Gasteiger partial charge in [-0.1, -0.05) is 15.9 Å². The molecule has 0 unspecified atom stereocenters. The van der Waals surface area contributed by atoms with Crippen molar-refractivity contribution in [1.82, 2.24) is 0 Å². The molecule has 1 aromatic heterocycles. The summed E-state index contributed by atoms with van der Waals surface area (Å²) < 4.78 is 24.9. The maximum absolute atomic E-state index is 13.2. The topological polar surface area (TPSA) is 71.7 Å². The highest BCUT2D eigenvalue weighted by atomic mass is 79.9. The number of carboxylic acids is 1. The number of carboxylic acid groups (broad SMARTS) is 1. The molecule has 2 N–H and O–H groups in total. The quantitative estimate of drug-likeness (QED) is 0.359. The second kappa shape index (κ2) is 8.43. The molecule has 3 rings (SSSR count). The minimum absolute atomic E-state index is 0.0324. The van der Waals surface area contributed by atoms with E-state index in [1.165, 1.54) is 24.3 Å². The number of alkyl halides is 1. The predicted octanol–water partition coefficient (Wildman–Crippen LogP) is 5.53. The number of carbonyl (C=O) groups is 1. The standard InChI is InChI=1S/C20H19BrFNO4/c1-2-23-15-11-16-14(10-17(15)26-9-3-8-21)18(20(24)25)19(27-16)12-4-6-13(22)7-5-12/h4-7,10-11,23H,2-3,8-9H2,1H3,(H,24,25). The zero-order valence-electron chi connectivity index (χ0n) is 14.7. The molecule has 0 bridgehead atoms. The lowest BCUT2D eigenvalue weighted by Gasteiger charge is -2.12. The number of ether oxygens (including phenoxy) is 1. The molecule has 142 valence electrons. The molecule has 0 aliphatic rings. The van der Waals surface area contributed by atoms with Gasteiger partial charge in [-0.3, -0.25) is 0 Å². The van der Waals surface area contributed by atoms with Gasteiger partial charge in [0.2, 0.25) is 0 Å². The summed E-state index contributed by atoms with van der Waals surface area (Å²) in [5, 5.41) is 14.2. The van der Waals surface area contributed by atoms with Crippen molar-refractivity contribution in [2.75, 3.05) is 23.8 Å². The fourth-order valence-corrected chi connectivity index (χ4v) is 3.05. The van der Waals surface area contributed by atoms with E-state index in [9.17, 15) is 14.3 Å². The number of hydrogen-bond acceptors (Lipinski definition) is 4. The highest BCUT2D eigenvalue weighted by Crippen LogP contribution is 2.39. The van der Waals surface area contributed by atoms with Crippen LogP contribution in [0.25, 0.3) is 22.3 Å². The lowest BCUT2D eigenvalue weighted by Crippen LogP contribution is -2.04. The number of furan rings is 1. The van der Waals surface area contributed by atoms with E-state index in [-0.39, 0.29) is 11.3 Å². The van der Waals surface area contributed by atoms with Crippen LogP contribution in [-0.4, -0.2) is 29.6 Å². The van der Waals surface area contributed by atoms with Gasteiger partial charge in [-0.05, 0) is 43.7 Å². The van der Waals surface area contributed by atoms with Gasteiger partial charge in [0.05, 0.1) is 12.3 Å². The molecule has 0 saturated heterocycles. The van der Waals surface area contributed by atoms with Crippen LogP contribution in [0.2, 0.25) is 0 Å². The Balaban J connectivity index is 2.16. The Morgan fingerprint density at radius 2 is 2.04 bits per heavy atom. The van der Waals surface area contributed by atoms with Gasteiger partial charge in [0.1, 0.15) is 28.5 Å². The third-order valence-electron chi connectivity index (χ3n) is 4.01. The third-order valence-corrected chi connectivity index (χ3v) is 4.57. The van der Waals surface area contributed by atoms with Crippen LogP contribution in [0.3, 0.4) is 0 Å². The molecule has 0 atom stereocenters. The summed E-state index contributed by atoms with van der Waals surface area (Å²) in [4.78, 5) is 11.9. The maximum Gasteiger partial charge on any atom is 0.340 e. The van der Waals surface area contributed by atoms with Gasteiger partial charge < -0.3 is 19.6 Å². The van der Waals surface area contributed by atoms with Crippen molar-refractivity contribution in [2.24, 2.45) is 0 Å². The molecule has 7 heteroatoms. The third kappa shape index (κ3) is 4.08. The van der Waals surface area contributed by atoms with Gasteiger partial charge in [-0.25, -0.2) is 9.18 Å². The number of halogens is 2. The minimum atomic E-state index is -1.12. The Morgan fingerprint density at radius 1 is 1.30 bits per heavy atom. The van der Waals surface area contributed by atoms with Crippen molar-refractivity contribution in [3.63, 3.8) is 0 Å². The number of benzene rings is 2. The van der Waals surface area contributed by atoms with E-state index in [4.69, 9.17) is 9.15 Å². The molecule has 0 fully saturated rings. The van der Waals surface area contributed by atoms with E-state index in [1.807, 2.05) is 6.92 Å². The van der Waals surface area contributed by atoms with Crippen LogP contribution >= 0.6 is 15.9 Å². The van der Waals surface area contributed by atoms with Crippen LogP contribution in [-0.2, 0) is 0 Å². The first kappa shape index (κ1) is 19.2. The second-order valence-electron chi connectivity index (χ2n) is 5.88. The minimum Gasteiger partial charge on any atom is -0.491 e. The lowest BCUT2D eigenvalue weighted by atomic mass is 10.0. The van der Waals surface area contributed by atoms with Crippen molar-refractivity contribution in [1.29, 1.82) is 0 Å². The number of nitrogens with one attached hydrogen (secondary N) is 1. The molecule has 0 aliphatic carbocycles. The first-order chi connectivity index (χ1) is 13.0. The molecule has 0 spiro atoms. The second-order valence-corrected chi connectivity index (χ2v) is 6.68. The summed E-state index contributed by atoms with van der Waals surface area (Å²) >= 11 is 3.36. The summed E-state index contributed by atoms with van der Waals surface area (Å²) in [6.45, 7) is 3.14. The SMILES string of the molecule is CCNc1cc2oc(-c3ccc(F)cc3)c(C(=O)O)c2cc1OCCCBr. The normalized spacial score (nSPS) is 10.9. The van der Waals surface area contributed by atoms with Crippen LogP contribution < -0.4 is 10.1 Å². The molecule has 5 nitrogen and oxygen atoms in total. The molecule has 3 aromatic rings. The average Bonchev–Trinajstić information content (AvgIpc) is 3.01. The van der Waals surface area contributed by atoms with Crippen molar-refractivity contribution in [3.05, 3.63) is 47.8 Å². The number of rotatable bonds is 8. The zero-order chi connectivity index (χ0) is 19.4. The summed E-state index contributed by atoms with van der Waals surface area (Å²) in [5.41, 5.74) is 1.69. The van der Waals surface area contributed by atoms with Crippen molar-refractivity contribution >= 4 is 38.6 Å². The zero-order valence-corrected chi connectivity index (χ0v) is 16.3. The molecular weight excluding hydrogens is 417 g/mol. The fourth-order valence-electron chi connectivity index (χ4n) is 2.82. The highest BCUT2D eigenvalue weighted by Gasteiger charge is 2.23. The van der Waals surface area contributed by atoms with Crippen molar-refractivity contribution in [2.45, 2.75) is 13.3 Å². The maximum atomic E-state index is 13.2. The number of hydrogen-bond donors (Lipinski definition) is 2. The van der Waals surface area contributed by atoms with Crippen molar-refractivity contribution in [3.8, 4) is 17.1 Å². The molecule has 0 radical (unpaired) electrons. The molecule has 0 saturated carbocycles. The number of fused-ring (bicyclic) bond motifs is 1. The predicted molar refractivity (Wildman–Crippen MR) is 107 cm³/mol. The molecule has 0 aliphatic heterocycles. The largest absolute Gasteiger partial charge is 0.491 e. The Labute approximate surface area is 164 Å². The number of aromatic carboxylic acids is 1. The molecule has 27 heavy (non-hydrogen) atoms. The molecule has 0 amide bonds. The monoisotopic (exact) mass is 435 g/mol. The number of anilines is 1. The van der Waals surface area contributed by atoms with Gasteiger partial charge in [-0.2, -0.15) is 0 Å². The van der Waals surface area contributed by atoms with Crippen LogP contribution in [0.15, 0.2) is 40.8 Å². The van der Waals surface area contributed by atoms with E-state index in [1.54, 1.807) is 12.1 Å². The summed E-state index contributed by atoms with van der Waals surface area (Å²) in [7, 11) is 0. The summed E-state index contributed by atoms with van der Waals surface area (Å²) in [5.74, 6) is -0.754. The van der Waals surface area contributed by atoms with Crippen LogP contribution in [0, 0.1) is 5.82 Å². The Hall–Kier alpha value is -2.54. The lowest BCUT2D eigenvalue weighted by molar-refractivity contribution is 0.0699. The smallest absolute Gasteiger partial charge is 0.340 e. The summed E-state index contributed by atoms with van der Waals surface area (Å²) in [6.07, 6.45) is 0.821. The van der Waals surface area contributed by atoms with Crippen LogP contribution in [0.1, 0.15) is 23.7 Å². The first-order valence-electron chi connectivity index (χ1n) is 8.57. The Morgan fingerprint density at radius 3 is 2.67 bits per heavy atom. The highest BCUT2D eigenvalue weighted by molar-refractivity contribution is 9.09. The first-order valence-corrected chi connectivity index (χ1v) is 9.69. The molecular formula is C20H19BrFNO4. The summed E-state index contributed by atoms with van der Waals surface area (Å²) in [6, 6.07) is 8.96. The Bertz CT molecular complexity index is 953. The van der Waals surface area contributed by atoms with Gasteiger partial charge in [0.15, 0.2) is 0 Å². The molecule has 1 heterocycles. The van der Waals surface area contributed by atoms with E-state index >= 15 is 0 Å². The van der Waals surface area contributed by atoms with E-state index in [0.717, 1.165) is 17.4 Å². The molecule has 2 aromatic carbocycles. The van der Waals surface area contributed by atoms with Gasteiger partial charge in [-0.15, -0.1) is 0 Å². The van der Waals surface area contributed by atoms with Gasteiger partial charge in [0, 0.05) is 28.9 Å². The van der Waals surface area contributed by atoms with Crippen LogP contribution in [0.4, 0.5) is 10.1 Å². The van der Waals surface area contributed by atoms with Gasteiger partial charge >= 0.3 is 5.97 Å². The van der Waals surface area contributed by atoms with E-state index in [0.29, 0.717) is 35.4 Å². The van der Waals surface area contributed by atoms with E-state index < -0.39 is 11.8 Å². The van der Waals surface area contributed by atoms with Crippen LogP contribution in [0.5, 0.6) is 5.75 Å². The average molecular weight is 436 g/mol. The Kier molecular flexibility index (Phi) is 6.01. The van der Waals surface area contributed by atoms with Gasteiger partial charge in [0.25, 0.3) is 0 Å². The van der Waals surface area contributed by atoms with Crippen molar-refractivity contribution < 1.29 is 23.4 Å².